The van der Waals surface area contributed by atoms with E-state index >= 15 is 0 Å². The molecule has 1 aromatic rings. The van der Waals surface area contributed by atoms with Gasteiger partial charge in [-0.05, 0) is 12.1 Å². The maximum atomic E-state index is 13.0. The summed E-state index contributed by atoms with van der Waals surface area (Å²) in [5, 5.41) is 2.25. The van der Waals surface area contributed by atoms with Crippen molar-refractivity contribution in [3.8, 4) is 0 Å². The molecule has 76 valence electrons. The van der Waals surface area contributed by atoms with Gasteiger partial charge in [0.1, 0.15) is 5.69 Å². The zero-order valence-corrected chi connectivity index (χ0v) is 7.40. The van der Waals surface area contributed by atoms with Gasteiger partial charge < -0.3 is 10.7 Å². The van der Waals surface area contributed by atoms with E-state index in [1.54, 1.807) is 0 Å². The van der Waals surface area contributed by atoms with Crippen LogP contribution in [0.1, 0.15) is 10.4 Å². The Bertz CT molecular complexity index is 345. The Labute approximate surface area is 79.1 Å². The summed E-state index contributed by atoms with van der Waals surface area (Å²) in [6.07, 6.45) is 0. The molecule has 0 aliphatic carbocycles. The average Bonchev–Trinajstić information content (AvgIpc) is 2.16. The molecule has 6 heteroatoms. The van der Waals surface area contributed by atoms with Crippen molar-refractivity contribution in [2.45, 2.75) is 0 Å². The number of benzene rings is 1. The summed E-state index contributed by atoms with van der Waals surface area (Å²) >= 11 is 0. The normalized spacial score (nSPS) is 9.71. The van der Waals surface area contributed by atoms with Crippen molar-refractivity contribution in [1.29, 1.82) is 0 Å². The lowest BCUT2D eigenvalue weighted by Gasteiger charge is -2.06. The third-order valence-electron chi connectivity index (χ3n) is 1.68. The molecule has 4 N–H and O–H groups in total. The highest BCUT2D eigenvalue weighted by Gasteiger charge is 2.13. The van der Waals surface area contributed by atoms with E-state index < -0.39 is 23.2 Å². The molecule has 1 rings (SSSR count). The first-order valence-corrected chi connectivity index (χ1v) is 3.78. The zero-order valence-electron chi connectivity index (χ0n) is 7.40. The lowest BCUT2D eigenvalue weighted by molar-refractivity contribution is 0.0962. The molecule has 0 unspecified atom stereocenters. The van der Waals surface area contributed by atoms with Gasteiger partial charge in [-0.3, -0.25) is 10.6 Å². The van der Waals surface area contributed by atoms with Crippen molar-refractivity contribution in [1.82, 2.24) is 5.32 Å². The molecule has 0 radical (unpaired) electrons. The molecule has 0 saturated carbocycles. The summed E-state index contributed by atoms with van der Waals surface area (Å²) in [6, 6.07) is 1.80. The number of anilines is 1. The Morgan fingerprint density at radius 3 is 2.21 bits per heavy atom. The average molecular weight is 201 g/mol. The summed E-state index contributed by atoms with van der Waals surface area (Å²) in [5.41, 5.74) is 1.31. The van der Waals surface area contributed by atoms with Crippen LogP contribution in [0.15, 0.2) is 12.1 Å². The molecule has 0 aliphatic rings. The first-order valence-electron chi connectivity index (χ1n) is 3.78. The van der Waals surface area contributed by atoms with E-state index in [4.69, 9.17) is 5.84 Å². The quantitative estimate of drug-likeness (QED) is 0.485. The number of rotatable bonds is 2. The third kappa shape index (κ3) is 1.80. The van der Waals surface area contributed by atoms with Crippen molar-refractivity contribution >= 4 is 11.6 Å². The smallest absolute Gasteiger partial charge is 0.251 e. The molecule has 14 heavy (non-hydrogen) atoms. The monoisotopic (exact) mass is 201 g/mol. The molecule has 0 atom stereocenters. The van der Waals surface area contributed by atoms with Crippen LogP contribution in [-0.2, 0) is 0 Å². The Kier molecular flexibility index (Phi) is 2.98. The van der Waals surface area contributed by atoms with Gasteiger partial charge in [0.15, 0.2) is 11.6 Å². The number of hydrogen-bond donors (Lipinski definition) is 3. The maximum Gasteiger partial charge on any atom is 0.251 e. The minimum Gasteiger partial charge on any atom is -0.355 e. The van der Waals surface area contributed by atoms with E-state index in [-0.39, 0.29) is 5.56 Å². The number of nitrogens with one attached hydrogen (secondary N) is 2. The molecule has 4 nitrogen and oxygen atoms in total. The van der Waals surface area contributed by atoms with Crippen LogP contribution in [0.3, 0.4) is 0 Å². The molecule has 0 aliphatic heterocycles. The molecule has 1 amide bonds. The van der Waals surface area contributed by atoms with Crippen LogP contribution in [0, 0.1) is 11.6 Å². The minimum absolute atomic E-state index is 0.0958. The highest BCUT2D eigenvalue weighted by atomic mass is 19.1. The van der Waals surface area contributed by atoms with Gasteiger partial charge in [0.05, 0.1) is 0 Å². The summed E-state index contributed by atoms with van der Waals surface area (Å²) in [7, 11) is 1.37. The number of hydrazine groups is 1. The summed E-state index contributed by atoms with van der Waals surface area (Å²) in [5.74, 6) is 2.49. The van der Waals surface area contributed by atoms with Gasteiger partial charge in [-0.1, -0.05) is 0 Å². The Morgan fingerprint density at radius 2 is 1.86 bits per heavy atom. The van der Waals surface area contributed by atoms with Crippen LogP contribution < -0.4 is 16.6 Å². The Balaban J connectivity index is 3.20. The highest BCUT2D eigenvalue weighted by Crippen LogP contribution is 2.19. The fraction of sp³-hybridized carbons (Fsp3) is 0.125. The molecule has 0 saturated heterocycles. The van der Waals surface area contributed by atoms with Crippen molar-refractivity contribution in [2.24, 2.45) is 5.84 Å². The van der Waals surface area contributed by atoms with Crippen LogP contribution in [0.5, 0.6) is 0 Å². The third-order valence-corrected chi connectivity index (χ3v) is 1.68. The number of amides is 1. The van der Waals surface area contributed by atoms with Crippen molar-refractivity contribution in [3.05, 3.63) is 29.3 Å². The van der Waals surface area contributed by atoms with Gasteiger partial charge in [0, 0.05) is 12.6 Å². The van der Waals surface area contributed by atoms with Crippen molar-refractivity contribution in [2.75, 3.05) is 12.5 Å². The number of nitrogens with two attached hydrogens (primary N) is 1. The first kappa shape index (κ1) is 10.4. The van der Waals surface area contributed by atoms with E-state index in [2.05, 4.69) is 5.32 Å². The zero-order chi connectivity index (χ0) is 10.7. The van der Waals surface area contributed by atoms with Crippen LogP contribution >= 0.6 is 0 Å². The van der Waals surface area contributed by atoms with Crippen LogP contribution in [0.2, 0.25) is 0 Å². The van der Waals surface area contributed by atoms with E-state index in [9.17, 15) is 13.6 Å². The van der Waals surface area contributed by atoms with Crippen LogP contribution in [0.4, 0.5) is 14.5 Å². The molecular formula is C8H9F2N3O. The van der Waals surface area contributed by atoms with E-state index in [0.717, 1.165) is 12.1 Å². The summed E-state index contributed by atoms with van der Waals surface area (Å²) < 4.78 is 26.1. The summed E-state index contributed by atoms with van der Waals surface area (Å²) in [4.78, 5) is 11.0. The SMILES string of the molecule is CNC(=O)c1cc(F)c(NN)c(F)c1. The minimum atomic E-state index is -0.911. The lowest BCUT2D eigenvalue weighted by Crippen LogP contribution is -2.19. The second-order valence-electron chi connectivity index (χ2n) is 2.54. The Hall–Kier alpha value is -1.69. The second-order valence-corrected chi connectivity index (χ2v) is 2.54. The largest absolute Gasteiger partial charge is 0.355 e. The molecular weight excluding hydrogens is 192 g/mol. The van der Waals surface area contributed by atoms with E-state index in [1.165, 1.54) is 7.05 Å². The van der Waals surface area contributed by atoms with E-state index in [0.29, 0.717) is 0 Å². The molecule has 0 bridgehead atoms. The topological polar surface area (TPSA) is 67.2 Å². The number of nitrogen functional groups attached to an aromatic ring is 1. The second kappa shape index (κ2) is 4.01. The predicted octanol–water partition coefficient (Wildman–Crippen LogP) is 0.610. The summed E-state index contributed by atoms with van der Waals surface area (Å²) in [6.45, 7) is 0. The molecule has 0 fully saturated rings. The number of carbonyl (C=O) groups is 1. The lowest BCUT2D eigenvalue weighted by atomic mass is 10.2. The van der Waals surface area contributed by atoms with Gasteiger partial charge in [-0.25, -0.2) is 8.78 Å². The number of hydrogen-bond acceptors (Lipinski definition) is 3. The molecule has 0 aromatic heterocycles. The maximum absolute atomic E-state index is 13.0. The van der Waals surface area contributed by atoms with Crippen molar-refractivity contribution < 1.29 is 13.6 Å². The van der Waals surface area contributed by atoms with E-state index in [1.807, 2.05) is 5.43 Å². The van der Waals surface area contributed by atoms with Gasteiger partial charge in [0.25, 0.3) is 5.91 Å². The van der Waals surface area contributed by atoms with Gasteiger partial charge in [-0.2, -0.15) is 0 Å². The van der Waals surface area contributed by atoms with Crippen LogP contribution in [-0.4, -0.2) is 13.0 Å². The fourth-order valence-electron chi connectivity index (χ4n) is 0.986. The van der Waals surface area contributed by atoms with Crippen molar-refractivity contribution in [3.63, 3.8) is 0 Å². The Morgan fingerprint density at radius 1 is 1.36 bits per heavy atom. The molecule has 0 heterocycles. The number of halogens is 2. The number of carbonyl (C=O) groups excluding carboxylic acids is 1. The first-order chi connectivity index (χ1) is 6.60. The van der Waals surface area contributed by atoms with Crippen LogP contribution in [0.25, 0.3) is 0 Å². The van der Waals surface area contributed by atoms with Gasteiger partial charge >= 0.3 is 0 Å². The van der Waals surface area contributed by atoms with Gasteiger partial charge in [0.2, 0.25) is 0 Å². The fourth-order valence-corrected chi connectivity index (χ4v) is 0.986. The highest BCUT2D eigenvalue weighted by molar-refractivity contribution is 5.94. The predicted molar refractivity (Wildman–Crippen MR) is 47.6 cm³/mol. The molecule has 1 aromatic carbocycles. The standard InChI is InChI=1S/C8H9F2N3O/c1-12-8(14)4-2-5(9)7(13-11)6(10)3-4/h2-3,13H,11H2,1H3,(H,12,14). The molecule has 0 spiro atoms. The van der Waals surface area contributed by atoms with Gasteiger partial charge in [-0.15, -0.1) is 0 Å².